The van der Waals surface area contributed by atoms with Crippen molar-refractivity contribution in [2.45, 2.75) is 23.5 Å². The third-order valence-corrected chi connectivity index (χ3v) is 5.19. The van der Waals surface area contributed by atoms with Crippen molar-refractivity contribution in [1.29, 1.82) is 0 Å². The van der Waals surface area contributed by atoms with Gasteiger partial charge < -0.3 is 9.64 Å². The maximum Gasteiger partial charge on any atom is 0.338 e. The van der Waals surface area contributed by atoms with Crippen molar-refractivity contribution in [3.63, 3.8) is 0 Å². The molecule has 2 aromatic rings. The van der Waals surface area contributed by atoms with Crippen LogP contribution in [0.5, 0.6) is 0 Å². The first-order chi connectivity index (χ1) is 12.0. The van der Waals surface area contributed by atoms with Gasteiger partial charge in [-0.3, -0.25) is 4.79 Å². The first-order valence-corrected chi connectivity index (χ1v) is 8.91. The number of rotatable bonds is 3. The highest BCUT2D eigenvalue weighted by molar-refractivity contribution is 8.00. The number of hydrogen-bond acceptors (Lipinski definition) is 4. The summed E-state index contributed by atoms with van der Waals surface area (Å²) >= 11 is 1.74. The van der Waals surface area contributed by atoms with Gasteiger partial charge in [-0.15, -0.1) is 11.8 Å². The molecule has 3 rings (SSSR count). The van der Waals surface area contributed by atoms with Gasteiger partial charge in [0.25, 0.3) is 5.91 Å². The van der Waals surface area contributed by atoms with E-state index in [1.807, 2.05) is 24.3 Å². The zero-order valence-corrected chi connectivity index (χ0v) is 14.6. The summed E-state index contributed by atoms with van der Waals surface area (Å²) in [7, 11) is 0. The number of amides is 1. The maximum atomic E-state index is 12.9. The molecule has 0 spiro atoms. The molecule has 0 bridgehead atoms. The van der Waals surface area contributed by atoms with Crippen molar-refractivity contribution < 1.29 is 18.7 Å². The number of fused-ring (bicyclic) bond motifs is 1. The lowest BCUT2D eigenvalue weighted by atomic mass is 10.2. The Morgan fingerprint density at radius 3 is 2.68 bits per heavy atom. The Labute approximate surface area is 150 Å². The van der Waals surface area contributed by atoms with Gasteiger partial charge in [-0.1, -0.05) is 19.1 Å². The van der Waals surface area contributed by atoms with Crippen LogP contribution in [0.4, 0.5) is 10.1 Å². The zero-order chi connectivity index (χ0) is 17.8. The average Bonchev–Trinajstić information content (AvgIpc) is 2.78. The molecule has 1 aliphatic rings. The van der Waals surface area contributed by atoms with Crippen LogP contribution >= 0.6 is 11.8 Å². The summed E-state index contributed by atoms with van der Waals surface area (Å²) in [4.78, 5) is 27.3. The van der Waals surface area contributed by atoms with E-state index in [1.165, 1.54) is 24.3 Å². The molecule has 0 saturated heterocycles. The molecule has 0 aromatic heterocycles. The number of carbonyl (C=O) groups excluding carboxylic acids is 2. The van der Waals surface area contributed by atoms with Gasteiger partial charge in [0.05, 0.1) is 11.3 Å². The average molecular weight is 359 g/mol. The van der Waals surface area contributed by atoms with E-state index < -0.39 is 11.8 Å². The summed E-state index contributed by atoms with van der Waals surface area (Å²) in [5.74, 6) is -1.34. The van der Waals surface area contributed by atoms with Crippen LogP contribution in [0.2, 0.25) is 0 Å². The van der Waals surface area contributed by atoms with Crippen LogP contribution in [0.1, 0.15) is 23.7 Å². The van der Waals surface area contributed by atoms with Crippen LogP contribution < -0.4 is 4.90 Å². The van der Waals surface area contributed by atoms with Gasteiger partial charge in [-0.05, 0) is 42.8 Å². The summed E-state index contributed by atoms with van der Waals surface area (Å²) in [6.07, 6.45) is 0.858. The van der Waals surface area contributed by atoms with Crippen LogP contribution in [0, 0.1) is 5.82 Å². The van der Waals surface area contributed by atoms with Crippen LogP contribution in [-0.2, 0) is 9.53 Å². The predicted octanol–water partition coefficient (Wildman–Crippen LogP) is 3.90. The van der Waals surface area contributed by atoms with Gasteiger partial charge >= 0.3 is 5.97 Å². The summed E-state index contributed by atoms with van der Waals surface area (Å²) in [5, 5.41) is 0.403. The number of nitrogens with zero attached hydrogens (tertiary/aromatic N) is 1. The molecule has 0 N–H and O–H groups in total. The fourth-order valence-corrected chi connectivity index (χ4v) is 3.73. The number of hydrogen-bond donors (Lipinski definition) is 0. The predicted molar refractivity (Wildman–Crippen MR) is 95.4 cm³/mol. The van der Waals surface area contributed by atoms with Crippen LogP contribution in [-0.4, -0.2) is 30.3 Å². The molecular weight excluding hydrogens is 341 g/mol. The third kappa shape index (κ3) is 4.20. The molecule has 2 aromatic carbocycles. The minimum absolute atomic E-state index is 0.217. The summed E-state index contributed by atoms with van der Waals surface area (Å²) < 4.78 is 18.0. The molecule has 1 atom stereocenters. The van der Waals surface area contributed by atoms with E-state index in [9.17, 15) is 14.0 Å². The molecule has 130 valence electrons. The lowest BCUT2D eigenvalue weighted by Crippen LogP contribution is -2.35. The van der Waals surface area contributed by atoms with E-state index in [-0.39, 0.29) is 18.1 Å². The quantitative estimate of drug-likeness (QED) is 0.780. The van der Waals surface area contributed by atoms with Gasteiger partial charge in [0.15, 0.2) is 6.61 Å². The Morgan fingerprint density at radius 2 is 1.92 bits per heavy atom. The van der Waals surface area contributed by atoms with E-state index in [1.54, 1.807) is 16.7 Å². The van der Waals surface area contributed by atoms with E-state index in [2.05, 4.69) is 6.92 Å². The molecule has 1 heterocycles. The van der Waals surface area contributed by atoms with Gasteiger partial charge in [-0.25, -0.2) is 9.18 Å². The Balaban J connectivity index is 1.68. The number of anilines is 1. The molecular formula is C19H18FNO3S. The van der Waals surface area contributed by atoms with Crippen molar-refractivity contribution in [3.8, 4) is 0 Å². The minimum atomic E-state index is -0.640. The van der Waals surface area contributed by atoms with Crippen molar-refractivity contribution in [2.24, 2.45) is 0 Å². The lowest BCUT2D eigenvalue weighted by molar-refractivity contribution is -0.121. The van der Waals surface area contributed by atoms with Crippen LogP contribution in [0.3, 0.4) is 0 Å². The highest BCUT2D eigenvalue weighted by Crippen LogP contribution is 2.37. The SMILES string of the molecule is C[C@@H]1CCN(C(=O)COC(=O)c2ccc(F)cc2)c2ccccc2S1. The normalized spacial score (nSPS) is 16.7. The molecule has 0 radical (unpaired) electrons. The minimum Gasteiger partial charge on any atom is -0.452 e. The Morgan fingerprint density at radius 1 is 1.20 bits per heavy atom. The first kappa shape index (κ1) is 17.5. The molecule has 0 saturated carbocycles. The smallest absolute Gasteiger partial charge is 0.338 e. The molecule has 0 unspecified atom stereocenters. The van der Waals surface area contributed by atoms with Crippen molar-refractivity contribution >= 4 is 29.3 Å². The molecule has 6 heteroatoms. The molecule has 0 aliphatic carbocycles. The number of para-hydroxylation sites is 1. The highest BCUT2D eigenvalue weighted by atomic mass is 32.2. The van der Waals surface area contributed by atoms with Crippen LogP contribution in [0.25, 0.3) is 0 Å². The summed E-state index contributed by atoms with van der Waals surface area (Å²) in [6, 6.07) is 12.8. The Hall–Kier alpha value is -2.34. The second-order valence-corrected chi connectivity index (χ2v) is 7.29. The highest BCUT2D eigenvalue weighted by Gasteiger charge is 2.24. The standard InChI is InChI=1S/C19H18FNO3S/c1-13-10-11-21(16-4-2-3-5-17(16)25-13)18(22)12-24-19(23)14-6-8-15(20)9-7-14/h2-9,13H,10-12H2,1H3/t13-/m1/s1. The van der Waals surface area contributed by atoms with E-state index in [4.69, 9.17) is 4.74 Å². The first-order valence-electron chi connectivity index (χ1n) is 8.03. The van der Waals surface area contributed by atoms with Gasteiger partial charge in [0.2, 0.25) is 0 Å². The molecule has 1 aliphatic heterocycles. The fraction of sp³-hybridized carbons (Fsp3) is 0.263. The third-order valence-electron chi connectivity index (χ3n) is 3.95. The van der Waals surface area contributed by atoms with Crippen molar-refractivity contribution in [1.82, 2.24) is 0 Å². The number of esters is 1. The van der Waals surface area contributed by atoms with Crippen LogP contribution in [0.15, 0.2) is 53.4 Å². The van der Waals surface area contributed by atoms with Crippen molar-refractivity contribution in [2.75, 3.05) is 18.1 Å². The molecule has 4 nitrogen and oxygen atoms in total. The van der Waals surface area contributed by atoms with E-state index in [0.717, 1.165) is 17.0 Å². The van der Waals surface area contributed by atoms with Gasteiger partial charge in [0.1, 0.15) is 5.82 Å². The Kier molecular flexibility index (Phi) is 5.38. The second kappa shape index (κ2) is 7.70. The lowest BCUT2D eigenvalue weighted by Gasteiger charge is -2.22. The Bertz CT molecular complexity index is 778. The topological polar surface area (TPSA) is 46.6 Å². The fourth-order valence-electron chi connectivity index (χ4n) is 2.62. The van der Waals surface area contributed by atoms with Gasteiger partial charge in [-0.2, -0.15) is 0 Å². The molecule has 0 fully saturated rings. The largest absolute Gasteiger partial charge is 0.452 e. The maximum absolute atomic E-state index is 12.9. The number of benzene rings is 2. The summed E-state index contributed by atoms with van der Waals surface area (Å²) in [5.41, 5.74) is 1.06. The number of thioether (sulfide) groups is 1. The number of carbonyl (C=O) groups is 2. The number of ether oxygens (including phenoxy) is 1. The monoisotopic (exact) mass is 359 g/mol. The molecule has 25 heavy (non-hydrogen) atoms. The van der Waals surface area contributed by atoms with Crippen molar-refractivity contribution in [3.05, 3.63) is 59.9 Å². The second-order valence-electron chi connectivity index (χ2n) is 5.81. The number of halogens is 1. The summed E-state index contributed by atoms with van der Waals surface area (Å²) in [6.45, 7) is 2.37. The zero-order valence-electron chi connectivity index (χ0n) is 13.8. The molecule has 1 amide bonds. The van der Waals surface area contributed by atoms with Gasteiger partial charge in [0, 0.05) is 16.7 Å². The van der Waals surface area contributed by atoms with E-state index >= 15 is 0 Å². The van der Waals surface area contributed by atoms with E-state index in [0.29, 0.717) is 11.8 Å².